The van der Waals surface area contributed by atoms with E-state index in [2.05, 4.69) is 4.98 Å². The molecule has 1 aromatic heterocycles. The topological polar surface area (TPSA) is 48.1 Å². The number of benzene rings is 1. The predicted molar refractivity (Wildman–Crippen MR) is 72.3 cm³/mol. The van der Waals surface area contributed by atoms with Gasteiger partial charge in [-0.3, -0.25) is 4.98 Å². The molecule has 2 N–H and O–H groups in total. The first kappa shape index (κ1) is 13.0. The average Bonchev–Trinajstić information content (AvgIpc) is 2.42. The second-order valence-electron chi connectivity index (χ2n) is 3.91. The maximum absolute atomic E-state index is 6.07. The first-order chi connectivity index (χ1) is 8.81. The van der Waals surface area contributed by atoms with E-state index in [0.717, 1.165) is 11.1 Å². The van der Waals surface area contributed by atoms with Gasteiger partial charge in [0, 0.05) is 29.5 Å². The number of ether oxygens (including phenoxy) is 1. The van der Waals surface area contributed by atoms with Gasteiger partial charge in [0.15, 0.2) is 0 Å². The van der Waals surface area contributed by atoms with Crippen molar-refractivity contribution in [3.05, 3.63) is 64.9 Å². The van der Waals surface area contributed by atoms with Gasteiger partial charge in [0.2, 0.25) is 0 Å². The van der Waals surface area contributed by atoms with Gasteiger partial charge in [-0.25, -0.2) is 0 Å². The molecule has 94 valence electrons. The molecule has 0 saturated heterocycles. The Labute approximate surface area is 112 Å². The fraction of sp³-hybridized carbons (Fsp3) is 0.214. The molecule has 0 aliphatic rings. The number of hydrogen-bond acceptors (Lipinski definition) is 3. The first-order valence-electron chi connectivity index (χ1n) is 5.76. The Morgan fingerprint density at radius 1 is 1.22 bits per heavy atom. The van der Waals surface area contributed by atoms with E-state index < -0.39 is 0 Å². The third kappa shape index (κ3) is 3.29. The highest BCUT2D eigenvalue weighted by molar-refractivity contribution is 6.31. The van der Waals surface area contributed by atoms with E-state index in [-0.39, 0.29) is 6.10 Å². The Morgan fingerprint density at radius 3 is 2.72 bits per heavy atom. The number of nitrogens with zero attached hydrogens (tertiary/aromatic N) is 1. The van der Waals surface area contributed by atoms with Crippen molar-refractivity contribution in [2.24, 2.45) is 5.73 Å². The van der Waals surface area contributed by atoms with Crippen molar-refractivity contribution in [1.29, 1.82) is 0 Å². The van der Waals surface area contributed by atoms with Gasteiger partial charge in [0.25, 0.3) is 0 Å². The molecule has 0 spiro atoms. The van der Waals surface area contributed by atoms with Gasteiger partial charge in [-0.15, -0.1) is 0 Å². The van der Waals surface area contributed by atoms with E-state index in [1.165, 1.54) is 0 Å². The van der Waals surface area contributed by atoms with E-state index in [9.17, 15) is 0 Å². The molecule has 4 heteroatoms. The van der Waals surface area contributed by atoms with Gasteiger partial charge in [0.1, 0.15) is 0 Å². The molecule has 0 radical (unpaired) electrons. The molecule has 0 aliphatic heterocycles. The Bertz CT molecular complexity index is 490. The number of aromatic nitrogens is 1. The Hall–Kier alpha value is -1.42. The van der Waals surface area contributed by atoms with Gasteiger partial charge in [-0.1, -0.05) is 35.9 Å². The van der Waals surface area contributed by atoms with Crippen LogP contribution in [0.5, 0.6) is 0 Å². The second kappa shape index (κ2) is 6.50. The van der Waals surface area contributed by atoms with Crippen LogP contribution in [0.1, 0.15) is 17.2 Å². The van der Waals surface area contributed by atoms with Gasteiger partial charge >= 0.3 is 0 Å². The largest absolute Gasteiger partial charge is 0.367 e. The summed E-state index contributed by atoms with van der Waals surface area (Å²) >= 11 is 6.07. The predicted octanol–water partition coefficient (Wildman–Crippen LogP) is 2.95. The molecule has 18 heavy (non-hydrogen) atoms. The average molecular weight is 263 g/mol. The lowest BCUT2D eigenvalue weighted by Gasteiger charge is -2.16. The molecule has 1 aromatic carbocycles. The minimum atomic E-state index is -0.157. The van der Waals surface area contributed by atoms with Crippen LogP contribution in [0.3, 0.4) is 0 Å². The highest BCUT2D eigenvalue weighted by Gasteiger charge is 2.10. The number of hydrogen-bond donors (Lipinski definition) is 1. The zero-order valence-corrected chi connectivity index (χ0v) is 10.7. The lowest BCUT2D eigenvalue weighted by molar-refractivity contribution is 0.0455. The molecular weight excluding hydrogens is 248 g/mol. The number of pyridine rings is 1. The van der Waals surface area contributed by atoms with E-state index in [0.29, 0.717) is 18.2 Å². The molecule has 0 bridgehead atoms. The van der Waals surface area contributed by atoms with Crippen LogP contribution < -0.4 is 5.73 Å². The Balaban J connectivity index is 2.02. The summed E-state index contributed by atoms with van der Waals surface area (Å²) in [4.78, 5) is 4.06. The summed E-state index contributed by atoms with van der Waals surface area (Å²) in [6.45, 7) is 0.854. The summed E-state index contributed by atoms with van der Waals surface area (Å²) in [6, 6.07) is 11.5. The van der Waals surface area contributed by atoms with Crippen LogP contribution in [0.2, 0.25) is 5.02 Å². The molecular formula is C14H15ClN2O. The quantitative estimate of drug-likeness (QED) is 0.901. The van der Waals surface area contributed by atoms with Crippen molar-refractivity contribution in [2.75, 3.05) is 6.54 Å². The minimum absolute atomic E-state index is 0.157. The molecule has 2 rings (SSSR count). The lowest BCUT2D eigenvalue weighted by atomic mass is 10.1. The van der Waals surface area contributed by atoms with E-state index in [1.807, 2.05) is 36.4 Å². The molecule has 2 aromatic rings. The molecule has 1 atom stereocenters. The summed E-state index contributed by atoms with van der Waals surface area (Å²) < 4.78 is 5.79. The van der Waals surface area contributed by atoms with Crippen LogP contribution in [0, 0.1) is 0 Å². The molecule has 0 amide bonds. The van der Waals surface area contributed by atoms with Crippen molar-refractivity contribution in [3.8, 4) is 0 Å². The summed E-state index contributed by atoms with van der Waals surface area (Å²) in [5, 5.41) is 0.708. The molecule has 1 unspecified atom stereocenters. The summed E-state index contributed by atoms with van der Waals surface area (Å²) in [5.74, 6) is 0. The number of halogens is 1. The fourth-order valence-electron chi connectivity index (χ4n) is 1.67. The normalized spacial score (nSPS) is 12.3. The van der Waals surface area contributed by atoms with Gasteiger partial charge in [0.05, 0.1) is 12.7 Å². The maximum atomic E-state index is 6.07. The lowest BCUT2D eigenvalue weighted by Crippen LogP contribution is -2.16. The highest BCUT2D eigenvalue weighted by Crippen LogP contribution is 2.20. The van der Waals surface area contributed by atoms with Crippen LogP contribution in [-0.4, -0.2) is 11.5 Å². The third-order valence-corrected chi connectivity index (χ3v) is 3.04. The van der Waals surface area contributed by atoms with Crippen molar-refractivity contribution >= 4 is 11.6 Å². The standard InChI is InChI=1S/C14H15ClN2O/c15-13-6-2-1-4-12(13)10-18-14(8-16)11-5-3-7-17-9-11/h1-7,9,14H,8,10,16H2. The van der Waals surface area contributed by atoms with Crippen molar-refractivity contribution in [1.82, 2.24) is 4.98 Å². The third-order valence-electron chi connectivity index (χ3n) is 2.67. The van der Waals surface area contributed by atoms with E-state index >= 15 is 0 Å². The molecule has 0 aliphatic carbocycles. The van der Waals surface area contributed by atoms with Crippen molar-refractivity contribution in [3.63, 3.8) is 0 Å². The van der Waals surface area contributed by atoms with Crippen LogP contribution in [0.25, 0.3) is 0 Å². The van der Waals surface area contributed by atoms with Crippen LogP contribution in [0.15, 0.2) is 48.8 Å². The molecule has 0 saturated carbocycles. The van der Waals surface area contributed by atoms with Gasteiger partial charge < -0.3 is 10.5 Å². The minimum Gasteiger partial charge on any atom is -0.367 e. The molecule has 0 fully saturated rings. The van der Waals surface area contributed by atoms with Crippen molar-refractivity contribution < 1.29 is 4.74 Å². The SMILES string of the molecule is NCC(OCc1ccccc1Cl)c1cccnc1. The summed E-state index contributed by atoms with van der Waals surface area (Å²) in [7, 11) is 0. The van der Waals surface area contributed by atoms with Crippen molar-refractivity contribution in [2.45, 2.75) is 12.7 Å². The van der Waals surface area contributed by atoms with Crippen LogP contribution in [0.4, 0.5) is 0 Å². The first-order valence-corrected chi connectivity index (χ1v) is 6.14. The van der Waals surface area contributed by atoms with Crippen LogP contribution in [-0.2, 0) is 11.3 Å². The van der Waals surface area contributed by atoms with Gasteiger partial charge in [-0.2, -0.15) is 0 Å². The molecule has 1 heterocycles. The zero-order valence-electron chi connectivity index (χ0n) is 9.92. The van der Waals surface area contributed by atoms with Gasteiger partial charge in [-0.05, 0) is 17.7 Å². The zero-order chi connectivity index (χ0) is 12.8. The number of rotatable bonds is 5. The molecule has 3 nitrogen and oxygen atoms in total. The van der Waals surface area contributed by atoms with E-state index in [4.69, 9.17) is 22.1 Å². The Morgan fingerprint density at radius 2 is 2.06 bits per heavy atom. The second-order valence-corrected chi connectivity index (χ2v) is 4.32. The highest BCUT2D eigenvalue weighted by atomic mass is 35.5. The Kier molecular flexibility index (Phi) is 4.70. The maximum Gasteiger partial charge on any atom is 0.0966 e. The summed E-state index contributed by atoms with van der Waals surface area (Å²) in [6.07, 6.45) is 3.34. The number of nitrogens with two attached hydrogens (primary N) is 1. The smallest absolute Gasteiger partial charge is 0.0966 e. The van der Waals surface area contributed by atoms with E-state index in [1.54, 1.807) is 12.4 Å². The monoisotopic (exact) mass is 262 g/mol. The summed E-state index contributed by atoms with van der Waals surface area (Å²) in [5.41, 5.74) is 7.66. The fourth-order valence-corrected chi connectivity index (χ4v) is 1.86. The van der Waals surface area contributed by atoms with Crippen LogP contribution >= 0.6 is 11.6 Å².